The first-order valence-corrected chi connectivity index (χ1v) is 11.8. The van der Waals surface area contributed by atoms with Gasteiger partial charge in [0.2, 0.25) is 20.0 Å². The van der Waals surface area contributed by atoms with Crippen LogP contribution < -0.4 is 16.7 Å². The molecule has 0 saturated heterocycles. The first kappa shape index (κ1) is 23.5. The fraction of sp³-hybridized carbons (Fsp3) is 0.333. The Labute approximate surface area is 173 Å². The summed E-state index contributed by atoms with van der Waals surface area (Å²) >= 11 is 0. The van der Waals surface area contributed by atoms with Gasteiger partial charge in [-0.05, 0) is 35.2 Å². The molecule has 2 aromatic carbocycles. The zero-order valence-corrected chi connectivity index (χ0v) is 18.6. The number of hydrogen-bond acceptors (Lipinski definition) is 6. The molecular formula is C18H26BN3O5S2. The average Bonchev–Trinajstić information content (AvgIpc) is 2.68. The second-order valence-electron chi connectivity index (χ2n) is 6.75. The van der Waals surface area contributed by atoms with Crippen molar-refractivity contribution in [1.82, 2.24) is 8.61 Å². The van der Waals surface area contributed by atoms with Crippen molar-refractivity contribution in [2.75, 3.05) is 41.3 Å². The largest absolute Gasteiger partial charge is 0.426 e. The van der Waals surface area contributed by atoms with Crippen molar-refractivity contribution in [3.8, 4) is 0 Å². The van der Waals surface area contributed by atoms with Crippen molar-refractivity contribution in [3.05, 3.63) is 48.5 Å². The predicted octanol–water partition coefficient (Wildman–Crippen LogP) is -0.732. The lowest BCUT2D eigenvalue weighted by Gasteiger charge is -2.17. The molecule has 2 aromatic rings. The van der Waals surface area contributed by atoms with E-state index >= 15 is 0 Å². The molecule has 8 nitrogen and oxygen atoms in total. The van der Waals surface area contributed by atoms with Crippen LogP contribution in [0.2, 0.25) is 0 Å². The smallest absolute Gasteiger partial charge is 0.361 e. The molecule has 2 N–H and O–H groups in total. The monoisotopic (exact) mass is 439 g/mol. The van der Waals surface area contributed by atoms with Crippen LogP contribution >= 0.6 is 0 Å². The fourth-order valence-electron chi connectivity index (χ4n) is 2.62. The number of sulfonamides is 2. The lowest BCUT2D eigenvalue weighted by molar-refractivity contribution is 0.344. The third kappa shape index (κ3) is 5.24. The number of rotatable bonds is 9. The Kier molecular flexibility index (Phi) is 7.60. The van der Waals surface area contributed by atoms with E-state index in [0.29, 0.717) is 13.2 Å². The summed E-state index contributed by atoms with van der Waals surface area (Å²) in [7, 11) is -1.17. The molecule has 0 saturated carbocycles. The van der Waals surface area contributed by atoms with E-state index in [2.05, 4.69) is 0 Å². The normalized spacial score (nSPS) is 12.5. The van der Waals surface area contributed by atoms with Crippen LogP contribution in [0.3, 0.4) is 0 Å². The summed E-state index contributed by atoms with van der Waals surface area (Å²) in [5.74, 6) is 0. The SMILES string of the molecule is CN(C)S(=O)(=O)c1ccc(B(OCCN)c2ccc(S(=O)(=O)N(C)C)cc2)cc1. The van der Waals surface area contributed by atoms with Crippen molar-refractivity contribution in [2.45, 2.75) is 9.79 Å². The molecule has 0 aromatic heterocycles. The minimum Gasteiger partial charge on any atom is -0.426 e. The van der Waals surface area contributed by atoms with Crippen LogP contribution in [0.15, 0.2) is 58.3 Å². The molecule has 0 fully saturated rings. The van der Waals surface area contributed by atoms with Crippen molar-refractivity contribution in [1.29, 1.82) is 0 Å². The van der Waals surface area contributed by atoms with Crippen LogP contribution in [0.5, 0.6) is 0 Å². The van der Waals surface area contributed by atoms with E-state index in [-0.39, 0.29) is 9.79 Å². The van der Waals surface area contributed by atoms with E-state index in [9.17, 15) is 16.8 Å². The summed E-state index contributed by atoms with van der Waals surface area (Å²) in [6, 6.07) is 12.8. The highest BCUT2D eigenvalue weighted by Crippen LogP contribution is 2.13. The van der Waals surface area contributed by atoms with E-state index in [1.807, 2.05) is 0 Å². The third-order valence-electron chi connectivity index (χ3n) is 4.33. The van der Waals surface area contributed by atoms with Crippen LogP contribution in [0, 0.1) is 0 Å². The molecular weight excluding hydrogens is 413 g/mol. The van der Waals surface area contributed by atoms with Gasteiger partial charge >= 0.3 is 6.92 Å². The molecule has 0 unspecified atom stereocenters. The predicted molar refractivity (Wildman–Crippen MR) is 115 cm³/mol. The third-order valence-corrected chi connectivity index (χ3v) is 7.98. The summed E-state index contributed by atoms with van der Waals surface area (Å²) in [5, 5.41) is 0. The van der Waals surface area contributed by atoms with Gasteiger partial charge in [-0.15, -0.1) is 0 Å². The van der Waals surface area contributed by atoms with Gasteiger partial charge in [0.05, 0.1) is 9.79 Å². The first-order valence-electron chi connectivity index (χ1n) is 8.88. The Balaban J connectivity index is 2.40. The van der Waals surface area contributed by atoms with Crippen molar-refractivity contribution in [2.24, 2.45) is 5.73 Å². The Hall–Kier alpha value is -1.76. The summed E-state index contributed by atoms with van der Waals surface area (Å²) in [5.41, 5.74) is 7.04. The summed E-state index contributed by atoms with van der Waals surface area (Å²) in [6.45, 7) is 0.0994. The minimum absolute atomic E-state index is 0.177. The lowest BCUT2D eigenvalue weighted by Crippen LogP contribution is -2.46. The molecule has 29 heavy (non-hydrogen) atoms. The minimum atomic E-state index is -3.53. The molecule has 0 spiro atoms. The summed E-state index contributed by atoms with van der Waals surface area (Å²) in [4.78, 5) is 0.354. The maximum absolute atomic E-state index is 12.3. The molecule has 0 amide bonds. The van der Waals surface area contributed by atoms with Crippen molar-refractivity contribution < 1.29 is 21.5 Å². The quantitative estimate of drug-likeness (QED) is 0.516. The highest BCUT2D eigenvalue weighted by atomic mass is 32.2. The zero-order chi connectivity index (χ0) is 21.8. The van der Waals surface area contributed by atoms with Gasteiger partial charge in [0, 0.05) is 41.3 Å². The van der Waals surface area contributed by atoms with Crippen LogP contribution in [-0.2, 0) is 24.7 Å². The maximum Gasteiger partial charge on any atom is 0.361 e. The second-order valence-corrected chi connectivity index (χ2v) is 11.1. The van der Waals surface area contributed by atoms with E-state index < -0.39 is 27.0 Å². The molecule has 0 aliphatic carbocycles. The number of nitrogens with two attached hydrogens (primary N) is 1. The molecule has 0 aliphatic heterocycles. The zero-order valence-electron chi connectivity index (χ0n) is 16.9. The lowest BCUT2D eigenvalue weighted by atomic mass is 9.55. The second kappa shape index (κ2) is 9.37. The highest BCUT2D eigenvalue weighted by molar-refractivity contribution is 7.89. The summed E-state index contributed by atoms with van der Waals surface area (Å²) in [6.07, 6.45) is 0. The topological polar surface area (TPSA) is 110 Å². The van der Waals surface area contributed by atoms with E-state index in [4.69, 9.17) is 10.4 Å². The standard InChI is InChI=1S/C18H26BN3O5S2/c1-21(2)28(23,24)17-9-5-15(6-10-17)19(27-14-13-20)16-7-11-18(12-8-16)29(25,26)22(3)4/h5-12H,13-14,20H2,1-4H3. The van der Waals surface area contributed by atoms with Gasteiger partial charge < -0.3 is 10.4 Å². The molecule has 0 atom stereocenters. The van der Waals surface area contributed by atoms with Gasteiger partial charge in [-0.1, -0.05) is 24.3 Å². The van der Waals surface area contributed by atoms with Crippen LogP contribution in [-0.4, -0.2) is 73.7 Å². The number of hydrogen-bond donors (Lipinski definition) is 1. The maximum atomic E-state index is 12.3. The van der Waals surface area contributed by atoms with Gasteiger partial charge in [0.25, 0.3) is 0 Å². The Morgan fingerprint density at radius 1 is 0.759 bits per heavy atom. The molecule has 0 heterocycles. The molecule has 0 aliphatic rings. The molecule has 0 bridgehead atoms. The van der Waals surface area contributed by atoms with Gasteiger partial charge in [-0.2, -0.15) is 0 Å². The molecule has 2 rings (SSSR count). The van der Waals surface area contributed by atoms with E-state index in [0.717, 1.165) is 19.5 Å². The van der Waals surface area contributed by atoms with Crippen LogP contribution in [0.25, 0.3) is 0 Å². The van der Waals surface area contributed by atoms with Gasteiger partial charge in [0.1, 0.15) is 0 Å². The number of benzene rings is 2. The summed E-state index contributed by atoms with van der Waals surface area (Å²) < 4.78 is 57.2. The van der Waals surface area contributed by atoms with Crippen molar-refractivity contribution >= 4 is 37.9 Å². The molecule has 11 heteroatoms. The van der Waals surface area contributed by atoms with Crippen LogP contribution in [0.1, 0.15) is 0 Å². The molecule has 158 valence electrons. The fourth-order valence-corrected chi connectivity index (χ4v) is 4.42. The van der Waals surface area contributed by atoms with Gasteiger partial charge in [-0.25, -0.2) is 25.4 Å². The first-order chi connectivity index (χ1) is 13.5. The Morgan fingerprint density at radius 2 is 1.10 bits per heavy atom. The van der Waals surface area contributed by atoms with Gasteiger partial charge in [-0.3, -0.25) is 0 Å². The Bertz CT molecular complexity index is 941. The number of nitrogens with zero attached hydrogens (tertiary/aromatic N) is 2. The average molecular weight is 439 g/mol. The molecule has 0 radical (unpaired) electrons. The van der Waals surface area contributed by atoms with E-state index in [1.165, 1.54) is 52.5 Å². The van der Waals surface area contributed by atoms with Gasteiger partial charge in [0.15, 0.2) is 0 Å². The Morgan fingerprint density at radius 3 is 1.38 bits per heavy atom. The highest BCUT2D eigenvalue weighted by Gasteiger charge is 2.24. The van der Waals surface area contributed by atoms with Crippen LogP contribution in [0.4, 0.5) is 0 Å². The van der Waals surface area contributed by atoms with E-state index in [1.54, 1.807) is 24.3 Å². The van der Waals surface area contributed by atoms with Crippen molar-refractivity contribution in [3.63, 3.8) is 0 Å².